The van der Waals surface area contributed by atoms with Crippen LogP contribution in [0.3, 0.4) is 0 Å². The lowest BCUT2D eigenvalue weighted by atomic mass is 11.5. The SMILES string of the molecule is NC=O.[Si]. The zero-order valence-electron chi connectivity index (χ0n) is 2.06. The number of hydrogen-bond donors (Lipinski definition) is 1. The number of carbonyl (C=O) groups excluding carboxylic acids is 1. The van der Waals surface area contributed by atoms with Gasteiger partial charge in [-0.15, -0.1) is 0 Å². The van der Waals surface area contributed by atoms with Crippen molar-refractivity contribution >= 4 is 17.4 Å². The lowest BCUT2D eigenvalue weighted by molar-refractivity contribution is -0.106. The average molecular weight is 73.1 g/mol. The predicted octanol–water partition coefficient (Wildman–Crippen LogP) is -1.28. The van der Waals surface area contributed by atoms with Gasteiger partial charge in [0.15, 0.2) is 0 Å². The van der Waals surface area contributed by atoms with Crippen LogP contribution in [0.2, 0.25) is 0 Å². The third kappa shape index (κ3) is 8.12. The highest BCUT2D eigenvalue weighted by Gasteiger charge is 1.19. The molecule has 0 unspecified atom stereocenters. The van der Waals surface area contributed by atoms with Crippen molar-refractivity contribution in [1.29, 1.82) is 0 Å². The number of amides is 1. The van der Waals surface area contributed by atoms with E-state index in [2.05, 4.69) is 5.73 Å². The molecule has 1 amide bonds. The van der Waals surface area contributed by atoms with Crippen molar-refractivity contribution < 1.29 is 4.79 Å². The fraction of sp³-hybridized carbons (Fsp3) is 0. The Labute approximate surface area is 29.0 Å². The van der Waals surface area contributed by atoms with Gasteiger partial charge in [-0.25, -0.2) is 0 Å². The van der Waals surface area contributed by atoms with E-state index in [1.54, 1.807) is 0 Å². The van der Waals surface area contributed by atoms with Gasteiger partial charge in [0.1, 0.15) is 0 Å². The van der Waals surface area contributed by atoms with Crippen LogP contribution in [-0.4, -0.2) is 17.4 Å². The molecule has 0 saturated carbocycles. The molecule has 0 aromatic heterocycles. The predicted molar refractivity (Wildman–Crippen MR) is 16.0 cm³/mol. The topological polar surface area (TPSA) is 43.1 Å². The molecule has 0 spiro atoms. The molecule has 0 rings (SSSR count). The van der Waals surface area contributed by atoms with Crippen molar-refractivity contribution in [2.45, 2.75) is 0 Å². The molecule has 2 N–H and O–H groups in total. The van der Waals surface area contributed by atoms with E-state index < -0.39 is 0 Å². The van der Waals surface area contributed by atoms with E-state index in [9.17, 15) is 0 Å². The monoisotopic (exact) mass is 73.0 g/mol. The van der Waals surface area contributed by atoms with Gasteiger partial charge in [0.25, 0.3) is 0 Å². The van der Waals surface area contributed by atoms with Crippen LogP contribution >= 0.6 is 0 Å². The van der Waals surface area contributed by atoms with Gasteiger partial charge in [0.05, 0.1) is 0 Å². The third-order valence-corrected chi connectivity index (χ3v) is 0. The quantitative estimate of drug-likeness (QED) is 0.282. The second-order valence-electron chi connectivity index (χ2n) is 0.136. The van der Waals surface area contributed by atoms with Gasteiger partial charge in [-0.05, 0) is 0 Å². The van der Waals surface area contributed by atoms with Crippen molar-refractivity contribution in [2.24, 2.45) is 5.73 Å². The molecule has 4 heavy (non-hydrogen) atoms. The fourth-order valence-corrected chi connectivity index (χ4v) is 0. The Hall–Kier alpha value is -0.313. The summed E-state index contributed by atoms with van der Waals surface area (Å²) in [6.45, 7) is 0. The summed E-state index contributed by atoms with van der Waals surface area (Å²) in [5.74, 6) is 0. The molecular weight excluding hydrogens is 70.1 g/mol. The Bertz CT molecular complexity index is 15.5. The summed E-state index contributed by atoms with van der Waals surface area (Å²) in [6.07, 6.45) is 0.250. The van der Waals surface area contributed by atoms with Crippen LogP contribution in [0.1, 0.15) is 0 Å². The normalized spacial score (nSPS) is 3.00. The highest BCUT2D eigenvalue weighted by Crippen LogP contribution is 0.798. The Morgan fingerprint density at radius 1 is 1.75 bits per heavy atom. The zero-order chi connectivity index (χ0) is 2.71. The maximum Gasteiger partial charge on any atom is 0.204 e. The van der Waals surface area contributed by atoms with Gasteiger partial charge < -0.3 is 5.73 Å². The van der Waals surface area contributed by atoms with Gasteiger partial charge >= 0.3 is 0 Å². The van der Waals surface area contributed by atoms with E-state index in [1.807, 2.05) is 0 Å². The summed E-state index contributed by atoms with van der Waals surface area (Å²) in [5.41, 5.74) is 4.17. The molecule has 0 bridgehead atoms. The molecule has 0 heterocycles. The smallest absolute Gasteiger partial charge is 0.204 e. The number of primary amides is 1. The largest absolute Gasteiger partial charge is 0.372 e. The Balaban J connectivity index is 0. The van der Waals surface area contributed by atoms with Crippen LogP contribution in [0.4, 0.5) is 0 Å². The van der Waals surface area contributed by atoms with Gasteiger partial charge in [-0.1, -0.05) is 0 Å². The second-order valence-corrected chi connectivity index (χ2v) is 0.136. The number of rotatable bonds is 0. The zero-order valence-corrected chi connectivity index (χ0v) is 3.06. The van der Waals surface area contributed by atoms with Crippen molar-refractivity contribution in [3.8, 4) is 0 Å². The molecule has 22 valence electrons. The van der Waals surface area contributed by atoms with Crippen molar-refractivity contribution in [3.05, 3.63) is 0 Å². The lowest BCUT2D eigenvalue weighted by Gasteiger charge is -1.32. The van der Waals surface area contributed by atoms with E-state index in [4.69, 9.17) is 4.79 Å². The number of carbonyl (C=O) groups is 1. The first kappa shape index (κ1) is 9.35. The molecule has 4 radical (unpaired) electrons. The minimum Gasteiger partial charge on any atom is -0.372 e. The first-order valence-electron chi connectivity index (χ1n) is 0.569. The summed E-state index contributed by atoms with van der Waals surface area (Å²) in [6, 6.07) is 0. The molecule has 0 aromatic carbocycles. The van der Waals surface area contributed by atoms with E-state index >= 15 is 0 Å². The van der Waals surface area contributed by atoms with Gasteiger partial charge in [0.2, 0.25) is 6.41 Å². The highest BCUT2D eigenvalue weighted by molar-refractivity contribution is 5.75. The first-order chi connectivity index (χ1) is 1.41. The molecule has 0 saturated heterocycles. The molecule has 3 heteroatoms. The standard InChI is InChI=1S/CH3NO.Si/c2-1-3;/h1H,(H2,2,3);. The summed E-state index contributed by atoms with van der Waals surface area (Å²) in [5, 5.41) is 0. The summed E-state index contributed by atoms with van der Waals surface area (Å²) < 4.78 is 0. The minimum atomic E-state index is 0. The van der Waals surface area contributed by atoms with Gasteiger partial charge in [-0.2, -0.15) is 0 Å². The van der Waals surface area contributed by atoms with Crippen LogP contribution in [0.15, 0.2) is 0 Å². The van der Waals surface area contributed by atoms with Crippen LogP contribution in [0.25, 0.3) is 0 Å². The summed E-state index contributed by atoms with van der Waals surface area (Å²) in [4.78, 5) is 8.58. The van der Waals surface area contributed by atoms with Gasteiger partial charge in [-0.3, -0.25) is 4.79 Å². The Kier molecular flexibility index (Phi) is 37.9. The highest BCUT2D eigenvalue weighted by atomic mass is 28.1. The lowest BCUT2D eigenvalue weighted by Crippen LogP contribution is -1.82. The number of nitrogens with two attached hydrogens (primary N) is 1. The maximum absolute atomic E-state index is 8.58. The van der Waals surface area contributed by atoms with E-state index in [0.717, 1.165) is 0 Å². The third-order valence-electron chi connectivity index (χ3n) is 0. The van der Waals surface area contributed by atoms with Crippen LogP contribution in [0.5, 0.6) is 0 Å². The summed E-state index contributed by atoms with van der Waals surface area (Å²) >= 11 is 0. The Morgan fingerprint density at radius 3 is 1.75 bits per heavy atom. The fourth-order valence-electron chi connectivity index (χ4n) is 0. The van der Waals surface area contributed by atoms with Crippen LogP contribution in [0, 0.1) is 0 Å². The molecule has 0 aliphatic carbocycles. The molecule has 0 atom stereocenters. The van der Waals surface area contributed by atoms with E-state index in [0.29, 0.717) is 0 Å². The Morgan fingerprint density at radius 2 is 1.75 bits per heavy atom. The van der Waals surface area contributed by atoms with E-state index in [-0.39, 0.29) is 17.4 Å². The average Bonchev–Trinajstić information content (AvgIpc) is 0.918. The molecule has 0 fully saturated rings. The summed E-state index contributed by atoms with van der Waals surface area (Å²) in [7, 11) is 0. The second kappa shape index (κ2) is 16.2. The van der Waals surface area contributed by atoms with E-state index in [1.165, 1.54) is 0 Å². The molecule has 0 aliphatic rings. The van der Waals surface area contributed by atoms with Crippen molar-refractivity contribution in [3.63, 3.8) is 0 Å². The molecule has 0 aliphatic heterocycles. The minimum absolute atomic E-state index is 0. The number of hydrogen-bond acceptors (Lipinski definition) is 1. The van der Waals surface area contributed by atoms with Crippen LogP contribution < -0.4 is 5.73 Å². The first-order valence-corrected chi connectivity index (χ1v) is 0.569. The molecule has 2 nitrogen and oxygen atoms in total. The van der Waals surface area contributed by atoms with Crippen LogP contribution in [-0.2, 0) is 4.79 Å². The van der Waals surface area contributed by atoms with Crippen molar-refractivity contribution in [1.82, 2.24) is 0 Å². The molecule has 0 aromatic rings. The molecular formula is CH3NOSi. The van der Waals surface area contributed by atoms with Crippen molar-refractivity contribution in [2.75, 3.05) is 0 Å². The maximum atomic E-state index is 8.58. The van der Waals surface area contributed by atoms with Gasteiger partial charge in [0, 0.05) is 11.0 Å².